The summed E-state index contributed by atoms with van der Waals surface area (Å²) in [4.78, 5) is 8.85. The average Bonchev–Trinajstić information content (AvgIpc) is 2.70. The molecular formula is C13H18N4S. The highest BCUT2D eigenvalue weighted by Crippen LogP contribution is 2.28. The quantitative estimate of drug-likeness (QED) is 0.869. The van der Waals surface area contributed by atoms with Crippen molar-refractivity contribution in [2.75, 3.05) is 11.1 Å². The minimum absolute atomic E-state index is 0.0695. The van der Waals surface area contributed by atoms with Crippen LogP contribution in [0.15, 0.2) is 17.6 Å². The molecule has 0 radical (unpaired) electrons. The van der Waals surface area contributed by atoms with Crippen LogP contribution in [0.25, 0.3) is 0 Å². The molecule has 2 rings (SSSR count). The molecule has 18 heavy (non-hydrogen) atoms. The Morgan fingerprint density at radius 2 is 2.06 bits per heavy atom. The fraction of sp³-hybridized carbons (Fsp3) is 0.385. The minimum atomic E-state index is 0.0695. The van der Waals surface area contributed by atoms with Crippen LogP contribution in [0.1, 0.15) is 32.0 Å². The molecule has 0 fully saturated rings. The summed E-state index contributed by atoms with van der Waals surface area (Å²) in [5, 5.41) is 6.17. The number of hydrogen-bond donors (Lipinski definition) is 2. The molecule has 0 aliphatic heterocycles. The molecule has 0 saturated heterocycles. The zero-order valence-electron chi connectivity index (χ0n) is 11.1. The standard InChI is InChI=1S/C13H18N4S/c1-8-5-9(14)6-15-11(8)17-12-16-10(7-18-12)13(2,3)4/h5-7H,14H2,1-4H3,(H,15,16,17). The molecule has 96 valence electrons. The first-order chi connectivity index (χ1) is 8.36. The number of aryl methyl sites for hydroxylation is 1. The van der Waals surface area contributed by atoms with E-state index in [-0.39, 0.29) is 5.41 Å². The lowest BCUT2D eigenvalue weighted by molar-refractivity contribution is 0.573. The van der Waals surface area contributed by atoms with Crippen LogP contribution in [0.3, 0.4) is 0 Å². The topological polar surface area (TPSA) is 63.8 Å². The Balaban J connectivity index is 2.21. The van der Waals surface area contributed by atoms with Gasteiger partial charge in [-0.25, -0.2) is 9.97 Å². The molecule has 2 aromatic rings. The third-order valence-corrected chi connectivity index (χ3v) is 3.36. The van der Waals surface area contributed by atoms with Crippen LogP contribution < -0.4 is 11.1 Å². The molecule has 3 N–H and O–H groups in total. The van der Waals surface area contributed by atoms with E-state index in [1.54, 1.807) is 17.5 Å². The largest absolute Gasteiger partial charge is 0.397 e. The highest BCUT2D eigenvalue weighted by molar-refractivity contribution is 7.13. The summed E-state index contributed by atoms with van der Waals surface area (Å²) in [7, 11) is 0. The lowest BCUT2D eigenvalue weighted by Crippen LogP contribution is -2.11. The van der Waals surface area contributed by atoms with Crippen LogP contribution in [-0.2, 0) is 5.41 Å². The SMILES string of the molecule is Cc1cc(N)cnc1Nc1nc(C(C)(C)C)cs1. The van der Waals surface area contributed by atoms with E-state index in [2.05, 4.69) is 41.4 Å². The van der Waals surface area contributed by atoms with Crippen molar-refractivity contribution < 1.29 is 0 Å². The van der Waals surface area contributed by atoms with Gasteiger partial charge < -0.3 is 11.1 Å². The van der Waals surface area contributed by atoms with Gasteiger partial charge in [-0.3, -0.25) is 0 Å². The van der Waals surface area contributed by atoms with Crippen LogP contribution in [0.4, 0.5) is 16.6 Å². The van der Waals surface area contributed by atoms with Gasteiger partial charge in [-0.15, -0.1) is 11.3 Å². The molecule has 2 heterocycles. The number of hydrogen-bond acceptors (Lipinski definition) is 5. The number of anilines is 3. The van der Waals surface area contributed by atoms with E-state index in [0.717, 1.165) is 22.2 Å². The van der Waals surface area contributed by atoms with Crippen molar-refractivity contribution >= 4 is 28.0 Å². The maximum Gasteiger partial charge on any atom is 0.188 e. The van der Waals surface area contributed by atoms with Crippen LogP contribution >= 0.6 is 11.3 Å². The fourth-order valence-corrected chi connectivity index (χ4v) is 2.44. The van der Waals surface area contributed by atoms with Gasteiger partial charge in [-0.05, 0) is 18.6 Å². The molecule has 0 aliphatic carbocycles. The Hall–Kier alpha value is -1.62. The first kappa shape index (κ1) is 12.8. The molecule has 0 saturated carbocycles. The predicted octanol–water partition coefficient (Wildman–Crippen LogP) is 3.47. The number of rotatable bonds is 2. The first-order valence-corrected chi connectivity index (χ1v) is 6.69. The normalized spacial score (nSPS) is 11.6. The highest BCUT2D eigenvalue weighted by Gasteiger charge is 2.17. The molecular weight excluding hydrogens is 244 g/mol. The highest BCUT2D eigenvalue weighted by atomic mass is 32.1. The van der Waals surface area contributed by atoms with Crippen LogP contribution in [0.2, 0.25) is 0 Å². The van der Waals surface area contributed by atoms with Gasteiger partial charge >= 0.3 is 0 Å². The maximum atomic E-state index is 5.68. The Morgan fingerprint density at radius 1 is 1.33 bits per heavy atom. The van der Waals surface area contributed by atoms with Gasteiger partial charge in [-0.2, -0.15) is 0 Å². The van der Waals surface area contributed by atoms with Crippen molar-refractivity contribution in [3.8, 4) is 0 Å². The van der Waals surface area contributed by atoms with Gasteiger partial charge in [0, 0.05) is 10.8 Å². The van der Waals surface area contributed by atoms with Gasteiger partial charge in [0.25, 0.3) is 0 Å². The van der Waals surface area contributed by atoms with E-state index in [9.17, 15) is 0 Å². The van der Waals surface area contributed by atoms with Crippen LogP contribution in [0, 0.1) is 6.92 Å². The summed E-state index contributed by atoms with van der Waals surface area (Å²) < 4.78 is 0. The summed E-state index contributed by atoms with van der Waals surface area (Å²) in [6, 6.07) is 1.90. The number of nitrogens with two attached hydrogens (primary N) is 1. The zero-order valence-corrected chi connectivity index (χ0v) is 11.9. The monoisotopic (exact) mass is 262 g/mol. The van der Waals surface area contributed by atoms with Crippen LogP contribution in [-0.4, -0.2) is 9.97 Å². The molecule has 0 amide bonds. The molecule has 2 aromatic heterocycles. The first-order valence-electron chi connectivity index (χ1n) is 5.81. The summed E-state index contributed by atoms with van der Waals surface area (Å²) in [6.45, 7) is 8.43. The number of aromatic nitrogens is 2. The second-order valence-corrected chi connectivity index (χ2v) is 6.21. The molecule has 0 atom stereocenters. The number of thiazole rings is 1. The predicted molar refractivity (Wildman–Crippen MR) is 77.5 cm³/mol. The van der Waals surface area contributed by atoms with Crippen molar-refractivity contribution in [3.63, 3.8) is 0 Å². The molecule has 0 aromatic carbocycles. The maximum absolute atomic E-state index is 5.68. The van der Waals surface area contributed by atoms with E-state index in [4.69, 9.17) is 5.73 Å². The van der Waals surface area contributed by atoms with E-state index in [1.165, 1.54) is 0 Å². The summed E-state index contributed by atoms with van der Waals surface area (Å²) in [6.07, 6.45) is 1.65. The molecule has 4 nitrogen and oxygen atoms in total. The smallest absolute Gasteiger partial charge is 0.188 e. The van der Waals surface area contributed by atoms with E-state index in [0.29, 0.717) is 5.69 Å². The third-order valence-electron chi connectivity index (χ3n) is 2.60. The van der Waals surface area contributed by atoms with Crippen molar-refractivity contribution in [1.29, 1.82) is 0 Å². The summed E-state index contributed by atoms with van der Waals surface area (Å²) >= 11 is 1.59. The van der Waals surface area contributed by atoms with E-state index < -0.39 is 0 Å². The number of pyridine rings is 1. The number of nitrogens with one attached hydrogen (secondary N) is 1. The van der Waals surface area contributed by atoms with Crippen molar-refractivity contribution in [2.24, 2.45) is 0 Å². The minimum Gasteiger partial charge on any atom is -0.397 e. The average molecular weight is 262 g/mol. The van der Waals surface area contributed by atoms with Crippen molar-refractivity contribution in [2.45, 2.75) is 33.1 Å². The van der Waals surface area contributed by atoms with Crippen molar-refractivity contribution in [3.05, 3.63) is 28.9 Å². The Labute approximate surface area is 111 Å². The van der Waals surface area contributed by atoms with E-state index in [1.807, 2.05) is 13.0 Å². The third kappa shape index (κ3) is 2.79. The Kier molecular flexibility index (Phi) is 3.26. The van der Waals surface area contributed by atoms with Gasteiger partial charge in [0.2, 0.25) is 0 Å². The lowest BCUT2D eigenvalue weighted by atomic mass is 9.93. The second-order valence-electron chi connectivity index (χ2n) is 5.35. The second kappa shape index (κ2) is 4.57. The van der Waals surface area contributed by atoms with Gasteiger partial charge in [-0.1, -0.05) is 20.8 Å². The van der Waals surface area contributed by atoms with Gasteiger partial charge in [0.05, 0.1) is 17.6 Å². The molecule has 0 unspecified atom stereocenters. The molecule has 0 aliphatic rings. The van der Waals surface area contributed by atoms with Gasteiger partial charge in [0.1, 0.15) is 5.82 Å². The Morgan fingerprint density at radius 3 is 2.61 bits per heavy atom. The summed E-state index contributed by atoms with van der Waals surface area (Å²) in [5.41, 5.74) is 8.52. The molecule has 5 heteroatoms. The lowest BCUT2D eigenvalue weighted by Gasteiger charge is -2.14. The number of nitrogens with zero attached hydrogens (tertiary/aromatic N) is 2. The van der Waals surface area contributed by atoms with Gasteiger partial charge in [0.15, 0.2) is 5.13 Å². The fourth-order valence-electron chi connectivity index (χ4n) is 1.50. The molecule has 0 spiro atoms. The number of nitrogen functional groups attached to an aromatic ring is 1. The summed E-state index contributed by atoms with van der Waals surface area (Å²) in [5.74, 6) is 0.805. The van der Waals surface area contributed by atoms with Crippen molar-refractivity contribution in [1.82, 2.24) is 9.97 Å². The Bertz CT molecular complexity index is 554. The molecule has 0 bridgehead atoms. The van der Waals surface area contributed by atoms with Crippen LogP contribution in [0.5, 0.6) is 0 Å². The van der Waals surface area contributed by atoms with E-state index >= 15 is 0 Å². The zero-order chi connectivity index (χ0) is 13.3.